The van der Waals surface area contributed by atoms with Crippen molar-refractivity contribution in [2.45, 2.75) is 52.6 Å². The molecule has 0 aliphatic heterocycles. The second kappa shape index (κ2) is 9.86. The predicted molar refractivity (Wildman–Crippen MR) is 119 cm³/mol. The highest BCUT2D eigenvalue weighted by atomic mass is 19.1. The summed E-state index contributed by atoms with van der Waals surface area (Å²) in [5, 5.41) is 24.7. The van der Waals surface area contributed by atoms with Crippen LogP contribution in [0.15, 0.2) is 30.3 Å². The molecule has 0 radical (unpaired) electrons. The molecule has 0 bridgehead atoms. The van der Waals surface area contributed by atoms with E-state index in [4.69, 9.17) is 5.26 Å². The van der Waals surface area contributed by atoms with Gasteiger partial charge in [-0.2, -0.15) is 10.1 Å². The standard InChI is InChI=1S/C24H26FN7O/c1-15-9-19(7-8-21(15)25)13-27-24(33)22-11-20(10-16(2)28-22)23-29-31-32(30-23)14-18-5-3-17(12-26)4-6-18/h7-11,17-18H,3-6,13-14H2,1-2H3,(H,27,33)/t17-,18-. The van der Waals surface area contributed by atoms with Crippen molar-refractivity contribution in [2.75, 3.05) is 0 Å². The fourth-order valence-corrected chi connectivity index (χ4v) is 4.14. The zero-order valence-electron chi connectivity index (χ0n) is 18.8. The molecule has 33 heavy (non-hydrogen) atoms. The van der Waals surface area contributed by atoms with Crippen molar-refractivity contribution < 1.29 is 9.18 Å². The molecule has 1 aromatic carbocycles. The van der Waals surface area contributed by atoms with Crippen molar-refractivity contribution >= 4 is 5.91 Å². The number of carbonyl (C=O) groups excluding carboxylic acids is 1. The first kappa shape index (κ1) is 22.5. The number of benzene rings is 1. The van der Waals surface area contributed by atoms with Gasteiger partial charge in [0.15, 0.2) is 0 Å². The molecule has 4 rings (SSSR count). The highest BCUT2D eigenvalue weighted by Gasteiger charge is 2.22. The summed E-state index contributed by atoms with van der Waals surface area (Å²) in [6.07, 6.45) is 3.81. The first-order chi connectivity index (χ1) is 15.9. The van der Waals surface area contributed by atoms with Crippen LogP contribution < -0.4 is 5.32 Å². The molecule has 3 aromatic rings. The summed E-state index contributed by atoms with van der Waals surface area (Å²) in [6, 6.07) is 10.6. The molecule has 1 aliphatic rings. The Morgan fingerprint density at radius 1 is 1.21 bits per heavy atom. The Bertz CT molecular complexity index is 1190. The van der Waals surface area contributed by atoms with E-state index in [-0.39, 0.29) is 29.9 Å². The van der Waals surface area contributed by atoms with Crippen LogP contribution in [-0.2, 0) is 13.1 Å². The topological polar surface area (TPSA) is 109 Å². The van der Waals surface area contributed by atoms with Crippen LogP contribution in [0.25, 0.3) is 11.4 Å². The van der Waals surface area contributed by atoms with Crippen LogP contribution >= 0.6 is 0 Å². The summed E-state index contributed by atoms with van der Waals surface area (Å²) in [5.41, 5.74) is 2.94. The van der Waals surface area contributed by atoms with Gasteiger partial charge in [-0.05, 0) is 80.0 Å². The van der Waals surface area contributed by atoms with Crippen LogP contribution in [0.4, 0.5) is 4.39 Å². The molecule has 9 heteroatoms. The summed E-state index contributed by atoms with van der Waals surface area (Å²) < 4.78 is 13.4. The lowest BCUT2D eigenvalue weighted by Crippen LogP contribution is -2.24. The van der Waals surface area contributed by atoms with Gasteiger partial charge >= 0.3 is 0 Å². The zero-order chi connectivity index (χ0) is 23.4. The van der Waals surface area contributed by atoms with E-state index in [1.165, 1.54) is 6.07 Å². The molecule has 0 unspecified atom stereocenters. The quantitative estimate of drug-likeness (QED) is 0.616. The fraction of sp³-hybridized carbons (Fsp3) is 0.417. The first-order valence-corrected chi connectivity index (χ1v) is 11.1. The molecular formula is C24H26FN7O. The number of hydrogen-bond donors (Lipinski definition) is 1. The summed E-state index contributed by atoms with van der Waals surface area (Å²) in [5.74, 6) is 0.438. The van der Waals surface area contributed by atoms with E-state index >= 15 is 0 Å². The first-order valence-electron chi connectivity index (χ1n) is 11.1. The number of amides is 1. The maximum Gasteiger partial charge on any atom is 0.270 e. The number of tetrazole rings is 1. The third kappa shape index (κ3) is 5.58. The molecule has 1 fully saturated rings. The highest BCUT2D eigenvalue weighted by molar-refractivity contribution is 5.93. The number of aryl methyl sites for hydroxylation is 2. The second-order valence-electron chi connectivity index (χ2n) is 8.66. The van der Waals surface area contributed by atoms with Crippen molar-refractivity contribution in [1.82, 2.24) is 30.5 Å². The Kier molecular flexibility index (Phi) is 6.73. The molecule has 170 valence electrons. The number of nitrogens with zero attached hydrogens (tertiary/aromatic N) is 6. The van der Waals surface area contributed by atoms with Crippen LogP contribution in [0, 0.1) is 42.8 Å². The number of nitriles is 1. The smallest absolute Gasteiger partial charge is 0.270 e. The summed E-state index contributed by atoms with van der Waals surface area (Å²) in [6.45, 7) is 4.43. The minimum absolute atomic E-state index is 0.164. The van der Waals surface area contributed by atoms with Gasteiger partial charge in [0.25, 0.3) is 5.91 Å². The third-order valence-corrected chi connectivity index (χ3v) is 6.02. The lowest BCUT2D eigenvalue weighted by Gasteiger charge is -2.23. The average molecular weight is 448 g/mol. The normalized spacial score (nSPS) is 18.0. The monoisotopic (exact) mass is 447 g/mol. The van der Waals surface area contributed by atoms with Crippen LogP contribution in [0.3, 0.4) is 0 Å². The van der Waals surface area contributed by atoms with Crippen molar-refractivity contribution in [3.63, 3.8) is 0 Å². The van der Waals surface area contributed by atoms with E-state index in [0.29, 0.717) is 35.1 Å². The molecule has 0 atom stereocenters. The zero-order valence-corrected chi connectivity index (χ0v) is 18.8. The lowest BCUT2D eigenvalue weighted by atomic mass is 9.83. The Balaban J connectivity index is 1.42. The lowest BCUT2D eigenvalue weighted by molar-refractivity contribution is 0.0945. The molecule has 0 saturated heterocycles. The number of rotatable bonds is 6. The van der Waals surface area contributed by atoms with Crippen LogP contribution in [0.1, 0.15) is 53.0 Å². The van der Waals surface area contributed by atoms with Crippen molar-refractivity contribution in [3.8, 4) is 17.5 Å². The Hall–Kier alpha value is -3.67. The maximum atomic E-state index is 13.4. The molecule has 1 N–H and O–H groups in total. The van der Waals surface area contributed by atoms with E-state index in [9.17, 15) is 9.18 Å². The number of carbonyl (C=O) groups is 1. The van der Waals surface area contributed by atoms with Crippen molar-refractivity contribution in [1.29, 1.82) is 5.26 Å². The number of aromatic nitrogens is 5. The van der Waals surface area contributed by atoms with Crippen LogP contribution in [-0.4, -0.2) is 31.1 Å². The molecule has 0 spiro atoms. The van der Waals surface area contributed by atoms with Gasteiger partial charge in [0, 0.05) is 23.7 Å². The molecular weight excluding hydrogens is 421 g/mol. The van der Waals surface area contributed by atoms with Gasteiger partial charge in [-0.25, -0.2) is 9.37 Å². The SMILES string of the molecule is Cc1cc(-c2nnn(C[C@H]3CC[C@H](C#N)CC3)n2)cc(C(=O)NCc2ccc(F)c(C)c2)n1. The largest absolute Gasteiger partial charge is 0.347 e. The number of pyridine rings is 1. The maximum absolute atomic E-state index is 13.4. The van der Waals surface area contributed by atoms with Gasteiger partial charge in [0.2, 0.25) is 5.82 Å². The van der Waals surface area contributed by atoms with Crippen molar-refractivity contribution in [3.05, 3.63) is 58.7 Å². The predicted octanol–water partition coefficient (Wildman–Crippen LogP) is 3.75. The van der Waals surface area contributed by atoms with E-state index in [1.54, 1.807) is 29.9 Å². The Morgan fingerprint density at radius 2 is 2.00 bits per heavy atom. The molecule has 1 saturated carbocycles. The van der Waals surface area contributed by atoms with Gasteiger partial charge in [-0.15, -0.1) is 10.2 Å². The van der Waals surface area contributed by atoms with Crippen LogP contribution in [0.2, 0.25) is 0 Å². The molecule has 1 amide bonds. The number of halogens is 1. The minimum atomic E-state index is -0.330. The van der Waals surface area contributed by atoms with Gasteiger partial charge in [0.05, 0.1) is 12.6 Å². The van der Waals surface area contributed by atoms with Crippen LogP contribution in [0.5, 0.6) is 0 Å². The summed E-state index contributed by atoms with van der Waals surface area (Å²) >= 11 is 0. The highest BCUT2D eigenvalue weighted by Crippen LogP contribution is 2.29. The fourth-order valence-electron chi connectivity index (χ4n) is 4.14. The van der Waals surface area contributed by atoms with Gasteiger partial charge in [-0.1, -0.05) is 12.1 Å². The Morgan fingerprint density at radius 3 is 2.73 bits per heavy atom. The van der Waals surface area contributed by atoms with E-state index < -0.39 is 0 Å². The number of hydrogen-bond acceptors (Lipinski definition) is 6. The van der Waals surface area contributed by atoms with Gasteiger partial charge in [0.1, 0.15) is 11.5 Å². The van der Waals surface area contributed by atoms with Gasteiger partial charge < -0.3 is 5.32 Å². The van der Waals surface area contributed by atoms with Gasteiger partial charge in [-0.3, -0.25) is 4.79 Å². The molecule has 2 heterocycles. The van der Waals surface area contributed by atoms with E-state index in [0.717, 1.165) is 31.2 Å². The molecule has 8 nitrogen and oxygen atoms in total. The Labute approximate surface area is 191 Å². The molecule has 2 aromatic heterocycles. The third-order valence-electron chi connectivity index (χ3n) is 6.02. The summed E-state index contributed by atoms with van der Waals surface area (Å²) in [4.78, 5) is 18.6. The van der Waals surface area contributed by atoms with E-state index in [2.05, 4.69) is 31.8 Å². The summed E-state index contributed by atoms with van der Waals surface area (Å²) in [7, 11) is 0. The van der Waals surface area contributed by atoms with E-state index in [1.807, 2.05) is 13.0 Å². The minimum Gasteiger partial charge on any atom is -0.347 e. The molecule has 1 aliphatic carbocycles. The number of nitrogens with one attached hydrogen (secondary N) is 1. The second-order valence-corrected chi connectivity index (χ2v) is 8.66. The van der Waals surface area contributed by atoms with Crippen molar-refractivity contribution in [2.24, 2.45) is 11.8 Å². The average Bonchev–Trinajstić information content (AvgIpc) is 3.28.